The van der Waals surface area contributed by atoms with Gasteiger partial charge in [-0.2, -0.15) is 5.10 Å². The van der Waals surface area contributed by atoms with Crippen LogP contribution in [0.1, 0.15) is 62.7 Å². The fourth-order valence-corrected chi connectivity index (χ4v) is 6.23. The fourth-order valence-electron chi connectivity index (χ4n) is 5.53. The molecule has 3 heterocycles. The standard InChI is InChI=1S/C27H31FN4O2S/c1-31(26(33)24-11-6-16-35-24)23(17-19-7-2-4-9-21(19)28)18-12-14-32(15-13-18)27(34)25-20-8-3-5-10-22(20)29-30-25/h2,4,6-7,9,11,16,18,23H,3,5,8,10,12-15,17H2,1H3,(H,29,30). The van der Waals surface area contributed by atoms with Gasteiger partial charge in [-0.1, -0.05) is 24.3 Å². The molecule has 2 amide bonds. The van der Waals surface area contributed by atoms with Gasteiger partial charge < -0.3 is 9.80 Å². The van der Waals surface area contributed by atoms with Gasteiger partial charge in [-0.3, -0.25) is 14.7 Å². The zero-order valence-electron chi connectivity index (χ0n) is 20.0. The Balaban J connectivity index is 1.31. The van der Waals surface area contributed by atoms with E-state index in [0.717, 1.165) is 49.8 Å². The van der Waals surface area contributed by atoms with Crippen molar-refractivity contribution in [2.75, 3.05) is 20.1 Å². The van der Waals surface area contributed by atoms with Gasteiger partial charge in [-0.05, 0) is 73.9 Å². The Morgan fingerprint density at radius 2 is 1.94 bits per heavy atom. The van der Waals surface area contributed by atoms with Crippen molar-refractivity contribution in [3.05, 3.63) is 75.0 Å². The monoisotopic (exact) mass is 494 g/mol. The number of H-pyrrole nitrogens is 1. The summed E-state index contributed by atoms with van der Waals surface area (Å²) in [6.07, 6.45) is 6.07. The quantitative estimate of drug-likeness (QED) is 0.539. The van der Waals surface area contributed by atoms with Crippen LogP contribution >= 0.6 is 11.3 Å². The molecule has 0 radical (unpaired) electrons. The van der Waals surface area contributed by atoms with Gasteiger partial charge in [0.2, 0.25) is 0 Å². The second kappa shape index (κ2) is 10.3. The lowest BCUT2D eigenvalue weighted by Gasteiger charge is -2.40. The van der Waals surface area contributed by atoms with Crippen molar-refractivity contribution in [3.8, 4) is 0 Å². The SMILES string of the molecule is CN(C(=O)c1cccs1)C(Cc1ccccc1F)C1CCN(C(=O)c2n[nH]c3c2CCCC3)CC1. The second-order valence-electron chi connectivity index (χ2n) is 9.62. The van der Waals surface area contributed by atoms with Crippen molar-refractivity contribution in [2.24, 2.45) is 5.92 Å². The third-order valence-electron chi connectivity index (χ3n) is 7.57. The van der Waals surface area contributed by atoms with Gasteiger partial charge >= 0.3 is 0 Å². The van der Waals surface area contributed by atoms with Crippen LogP contribution in [-0.4, -0.2) is 58.0 Å². The molecule has 2 aliphatic rings. The average Bonchev–Trinajstić information content (AvgIpc) is 3.58. The number of benzene rings is 1. The summed E-state index contributed by atoms with van der Waals surface area (Å²) >= 11 is 1.42. The maximum absolute atomic E-state index is 14.6. The molecule has 1 N–H and O–H groups in total. The normalized spacial score (nSPS) is 17.1. The summed E-state index contributed by atoms with van der Waals surface area (Å²) in [5, 5.41) is 9.33. The van der Waals surface area contributed by atoms with E-state index >= 15 is 0 Å². The molecule has 35 heavy (non-hydrogen) atoms. The number of piperidine rings is 1. The number of amides is 2. The minimum Gasteiger partial charge on any atom is -0.337 e. The van der Waals surface area contributed by atoms with Crippen LogP contribution in [0.25, 0.3) is 0 Å². The molecule has 0 bridgehead atoms. The van der Waals surface area contributed by atoms with Crippen LogP contribution in [0.15, 0.2) is 41.8 Å². The Labute approximate surface area is 209 Å². The highest BCUT2D eigenvalue weighted by Gasteiger charge is 2.35. The topological polar surface area (TPSA) is 69.3 Å². The van der Waals surface area contributed by atoms with Crippen molar-refractivity contribution in [1.29, 1.82) is 0 Å². The number of fused-ring (bicyclic) bond motifs is 1. The average molecular weight is 495 g/mol. The summed E-state index contributed by atoms with van der Waals surface area (Å²) in [6.45, 7) is 1.22. The number of likely N-dealkylation sites (tertiary alicyclic amines) is 1. The molecule has 0 saturated carbocycles. The molecule has 1 atom stereocenters. The molecule has 0 spiro atoms. The highest BCUT2D eigenvalue weighted by Crippen LogP contribution is 2.30. The summed E-state index contributed by atoms with van der Waals surface area (Å²) in [6, 6.07) is 10.3. The third-order valence-corrected chi connectivity index (χ3v) is 8.42. The minimum atomic E-state index is -0.245. The molecule has 5 rings (SSSR count). The van der Waals surface area contributed by atoms with E-state index in [4.69, 9.17) is 0 Å². The Kier molecular flexibility index (Phi) is 7.00. The van der Waals surface area contributed by atoms with Gasteiger partial charge in [-0.25, -0.2) is 4.39 Å². The molecule has 1 unspecified atom stereocenters. The van der Waals surface area contributed by atoms with Crippen LogP contribution in [0.3, 0.4) is 0 Å². The number of aryl methyl sites for hydroxylation is 1. The predicted octanol–water partition coefficient (Wildman–Crippen LogP) is 4.72. The number of halogens is 1. The van der Waals surface area contributed by atoms with Crippen LogP contribution in [0.5, 0.6) is 0 Å². The highest BCUT2D eigenvalue weighted by molar-refractivity contribution is 7.12. The van der Waals surface area contributed by atoms with E-state index in [9.17, 15) is 14.0 Å². The fraction of sp³-hybridized carbons (Fsp3) is 0.444. The van der Waals surface area contributed by atoms with Crippen molar-refractivity contribution in [3.63, 3.8) is 0 Å². The molecule has 1 saturated heterocycles. The van der Waals surface area contributed by atoms with Crippen molar-refractivity contribution < 1.29 is 14.0 Å². The van der Waals surface area contributed by atoms with Crippen LogP contribution in [-0.2, 0) is 19.3 Å². The second-order valence-corrected chi connectivity index (χ2v) is 10.6. The number of hydrogen-bond donors (Lipinski definition) is 1. The minimum absolute atomic E-state index is 0.00322. The van der Waals surface area contributed by atoms with E-state index in [1.165, 1.54) is 17.4 Å². The number of carbonyl (C=O) groups is 2. The number of hydrogen-bond acceptors (Lipinski definition) is 4. The first-order valence-electron chi connectivity index (χ1n) is 12.4. The molecule has 2 aromatic heterocycles. The largest absolute Gasteiger partial charge is 0.337 e. The number of nitrogens with one attached hydrogen (secondary N) is 1. The van der Waals surface area contributed by atoms with E-state index in [0.29, 0.717) is 35.6 Å². The Morgan fingerprint density at radius 3 is 2.69 bits per heavy atom. The van der Waals surface area contributed by atoms with Crippen molar-refractivity contribution in [1.82, 2.24) is 20.0 Å². The molecular weight excluding hydrogens is 463 g/mol. The molecular formula is C27H31FN4O2S. The summed E-state index contributed by atoms with van der Waals surface area (Å²) in [5.41, 5.74) is 3.38. The van der Waals surface area contributed by atoms with Crippen LogP contribution in [0, 0.1) is 11.7 Å². The maximum atomic E-state index is 14.6. The number of rotatable bonds is 6. The number of carbonyl (C=O) groups excluding carboxylic acids is 2. The smallest absolute Gasteiger partial charge is 0.274 e. The van der Waals surface area contributed by atoms with E-state index in [1.807, 2.05) is 35.5 Å². The third kappa shape index (κ3) is 4.89. The highest BCUT2D eigenvalue weighted by atomic mass is 32.1. The van der Waals surface area contributed by atoms with Gasteiger partial charge in [0.25, 0.3) is 11.8 Å². The first-order chi connectivity index (χ1) is 17.0. The Morgan fingerprint density at radius 1 is 1.17 bits per heavy atom. The molecule has 1 aliphatic carbocycles. The summed E-state index contributed by atoms with van der Waals surface area (Å²) < 4.78 is 14.6. The zero-order chi connectivity index (χ0) is 24.4. The summed E-state index contributed by atoms with van der Waals surface area (Å²) in [5.74, 6) is -0.120. The number of aromatic nitrogens is 2. The van der Waals surface area contributed by atoms with Gasteiger partial charge in [0.05, 0.1) is 4.88 Å². The molecule has 184 valence electrons. The Hall–Kier alpha value is -3.00. The van der Waals surface area contributed by atoms with Crippen molar-refractivity contribution in [2.45, 2.75) is 51.0 Å². The lowest BCUT2D eigenvalue weighted by atomic mass is 9.84. The van der Waals surface area contributed by atoms with Crippen LogP contribution in [0.2, 0.25) is 0 Å². The summed E-state index contributed by atoms with van der Waals surface area (Å²) in [4.78, 5) is 30.8. The maximum Gasteiger partial charge on any atom is 0.274 e. The lowest BCUT2D eigenvalue weighted by Crippen LogP contribution is -2.48. The van der Waals surface area contributed by atoms with Gasteiger partial charge in [0.15, 0.2) is 5.69 Å². The molecule has 1 aliphatic heterocycles. The number of aromatic amines is 1. The van der Waals surface area contributed by atoms with E-state index in [1.54, 1.807) is 17.0 Å². The van der Waals surface area contributed by atoms with Gasteiger partial charge in [0, 0.05) is 37.4 Å². The van der Waals surface area contributed by atoms with Crippen molar-refractivity contribution >= 4 is 23.2 Å². The zero-order valence-corrected chi connectivity index (χ0v) is 20.8. The molecule has 3 aromatic rings. The number of thiophene rings is 1. The molecule has 1 aromatic carbocycles. The molecule has 6 nitrogen and oxygen atoms in total. The van der Waals surface area contributed by atoms with Crippen LogP contribution in [0.4, 0.5) is 4.39 Å². The van der Waals surface area contributed by atoms with Crippen LogP contribution < -0.4 is 0 Å². The first-order valence-corrected chi connectivity index (χ1v) is 13.3. The number of nitrogens with zero attached hydrogens (tertiary/aromatic N) is 3. The van der Waals surface area contributed by atoms with E-state index in [-0.39, 0.29) is 29.6 Å². The Bertz CT molecular complexity index is 1180. The van der Waals surface area contributed by atoms with Gasteiger partial charge in [-0.15, -0.1) is 11.3 Å². The first kappa shape index (κ1) is 23.7. The van der Waals surface area contributed by atoms with E-state index < -0.39 is 0 Å². The summed E-state index contributed by atoms with van der Waals surface area (Å²) in [7, 11) is 1.82. The van der Waals surface area contributed by atoms with Gasteiger partial charge in [0.1, 0.15) is 5.82 Å². The van der Waals surface area contributed by atoms with E-state index in [2.05, 4.69) is 10.2 Å². The predicted molar refractivity (Wildman–Crippen MR) is 134 cm³/mol. The molecule has 1 fully saturated rings. The lowest BCUT2D eigenvalue weighted by molar-refractivity contribution is 0.0520. The molecule has 8 heteroatoms. The number of likely N-dealkylation sites (N-methyl/N-ethyl adjacent to an activating group) is 1.